The number of fused-ring (bicyclic) bond motifs is 1. The lowest BCUT2D eigenvalue weighted by molar-refractivity contribution is -0.134. The van der Waals surface area contributed by atoms with Crippen molar-refractivity contribution in [2.75, 3.05) is 6.61 Å². The summed E-state index contributed by atoms with van der Waals surface area (Å²) in [6.07, 6.45) is 2.08. The first-order valence-corrected chi connectivity index (χ1v) is 9.11. The first-order chi connectivity index (χ1) is 13.1. The fourth-order valence-electron chi connectivity index (χ4n) is 3.21. The second kappa shape index (κ2) is 7.27. The Bertz CT molecular complexity index is 1020. The van der Waals surface area contributed by atoms with Crippen LogP contribution in [0, 0.1) is 6.92 Å². The summed E-state index contributed by atoms with van der Waals surface area (Å²) in [7, 11) is 0. The molecular formula is C22H21NO4. The lowest BCUT2D eigenvalue weighted by Crippen LogP contribution is -2.36. The first kappa shape index (κ1) is 17.3. The van der Waals surface area contributed by atoms with Crippen LogP contribution in [0.15, 0.2) is 63.8 Å². The zero-order valence-corrected chi connectivity index (χ0v) is 15.2. The Labute approximate surface area is 157 Å². The fourth-order valence-corrected chi connectivity index (χ4v) is 3.21. The molecule has 0 radical (unpaired) electrons. The molecule has 1 fully saturated rings. The number of carbonyl (C=O) groups is 1. The summed E-state index contributed by atoms with van der Waals surface area (Å²) in [6.45, 7) is 2.42. The third-order valence-electron chi connectivity index (χ3n) is 4.79. The SMILES string of the molecule is Cc1cc(=O)oc2cc(OCC(=O)N(Cc3ccccc3)C3CC3)ccc12. The number of benzene rings is 2. The van der Waals surface area contributed by atoms with Crippen LogP contribution in [0.5, 0.6) is 5.75 Å². The molecule has 0 spiro atoms. The standard InChI is InChI=1S/C22H21NO4/c1-15-11-22(25)27-20-12-18(9-10-19(15)20)26-14-21(24)23(17-7-8-17)13-16-5-3-2-4-6-16/h2-6,9-12,17H,7-8,13-14H2,1H3. The van der Waals surface area contributed by atoms with E-state index in [1.807, 2.05) is 48.2 Å². The van der Waals surface area contributed by atoms with Crippen molar-refractivity contribution in [3.05, 3.63) is 76.1 Å². The molecule has 3 aromatic rings. The quantitative estimate of drug-likeness (QED) is 0.627. The van der Waals surface area contributed by atoms with Crippen LogP contribution in [0.4, 0.5) is 0 Å². The van der Waals surface area contributed by atoms with E-state index < -0.39 is 5.63 Å². The van der Waals surface area contributed by atoms with Gasteiger partial charge in [0.15, 0.2) is 6.61 Å². The smallest absolute Gasteiger partial charge is 0.336 e. The largest absolute Gasteiger partial charge is 0.484 e. The molecule has 0 aliphatic heterocycles. The number of ether oxygens (including phenoxy) is 1. The van der Waals surface area contributed by atoms with Crippen LogP contribution >= 0.6 is 0 Å². The number of hydrogen-bond acceptors (Lipinski definition) is 4. The third kappa shape index (κ3) is 4.03. The fraction of sp³-hybridized carbons (Fsp3) is 0.273. The second-order valence-electron chi connectivity index (χ2n) is 6.93. The normalized spacial score (nSPS) is 13.5. The van der Waals surface area contributed by atoms with Gasteiger partial charge in [0, 0.05) is 30.1 Å². The van der Waals surface area contributed by atoms with E-state index in [-0.39, 0.29) is 12.5 Å². The van der Waals surface area contributed by atoms with Gasteiger partial charge in [0.05, 0.1) is 0 Å². The number of nitrogens with zero attached hydrogens (tertiary/aromatic N) is 1. The minimum absolute atomic E-state index is 0.0351. The molecule has 1 aliphatic rings. The summed E-state index contributed by atoms with van der Waals surface area (Å²) in [5.41, 5.74) is 2.04. The topological polar surface area (TPSA) is 59.8 Å². The molecule has 1 heterocycles. The Morgan fingerprint density at radius 2 is 1.93 bits per heavy atom. The molecule has 0 bridgehead atoms. The summed E-state index contributed by atoms with van der Waals surface area (Å²) >= 11 is 0. The predicted molar refractivity (Wildman–Crippen MR) is 103 cm³/mol. The van der Waals surface area contributed by atoms with Crippen LogP contribution in [-0.4, -0.2) is 23.5 Å². The van der Waals surface area contributed by atoms with Gasteiger partial charge in [0.1, 0.15) is 11.3 Å². The van der Waals surface area contributed by atoms with Crippen LogP contribution < -0.4 is 10.4 Å². The Balaban J connectivity index is 1.46. The predicted octanol–water partition coefficient (Wildman–Crippen LogP) is 3.67. The summed E-state index contributed by atoms with van der Waals surface area (Å²) in [4.78, 5) is 26.1. The Kier molecular flexibility index (Phi) is 4.67. The van der Waals surface area contributed by atoms with Gasteiger partial charge in [-0.3, -0.25) is 4.79 Å². The van der Waals surface area contributed by atoms with Gasteiger partial charge in [-0.25, -0.2) is 4.79 Å². The third-order valence-corrected chi connectivity index (χ3v) is 4.79. The Morgan fingerprint density at radius 3 is 2.67 bits per heavy atom. The maximum atomic E-state index is 12.7. The van der Waals surface area contributed by atoms with E-state index in [0.29, 0.717) is 23.9 Å². The van der Waals surface area contributed by atoms with Gasteiger partial charge >= 0.3 is 5.63 Å². The number of rotatable bonds is 6. The average Bonchev–Trinajstić information content (AvgIpc) is 3.49. The van der Waals surface area contributed by atoms with Crippen molar-refractivity contribution in [1.82, 2.24) is 4.90 Å². The van der Waals surface area contributed by atoms with Crippen molar-refractivity contribution >= 4 is 16.9 Å². The highest BCUT2D eigenvalue weighted by atomic mass is 16.5. The van der Waals surface area contributed by atoms with E-state index in [4.69, 9.17) is 9.15 Å². The van der Waals surface area contributed by atoms with Crippen molar-refractivity contribution < 1.29 is 13.9 Å². The summed E-state index contributed by atoms with van der Waals surface area (Å²) in [5.74, 6) is 0.479. The highest BCUT2D eigenvalue weighted by molar-refractivity contribution is 5.82. The average molecular weight is 363 g/mol. The van der Waals surface area contributed by atoms with Crippen molar-refractivity contribution in [2.24, 2.45) is 0 Å². The lowest BCUT2D eigenvalue weighted by Gasteiger charge is -2.22. The first-order valence-electron chi connectivity index (χ1n) is 9.11. The van der Waals surface area contributed by atoms with Gasteiger partial charge in [-0.15, -0.1) is 0 Å². The molecule has 0 N–H and O–H groups in total. The molecule has 0 unspecified atom stereocenters. The second-order valence-corrected chi connectivity index (χ2v) is 6.93. The number of carbonyl (C=O) groups excluding carboxylic acids is 1. The number of aryl methyl sites for hydroxylation is 1. The Morgan fingerprint density at radius 1 is 1.15 bits per heavy atom. The highest BCUT2D eigenvalue weighted by Gasteiger charge is 2.32. The molecule has 138 valence electrons. The van der Waals surface area contributed by atoms with E-state index in [1.54, 1.807) is 12.1 Å². The van der Waals surface area contributed by atoms with Gasteiger partial charge in [-0.2, -0.15) is 0 Å². The molecule has 1 aromatic heterocycles. The van der Waals surface area contributed by atoms with Gasteiger partial charge in [-0.1, -0.05) is 30.3 Å². The summed E-state index contributed by atoms with van der Waals surface area (Å²) < 4.78 is 10.9. The van der Waals surface area contributed by atoms with E-state index in [1.165, 1.54) is 6.07 Å². The van der Waals surface area contributed by atoms with E-state index in [9.17, 15) is 9.59 Å². The molecule has 5 nitrogen and oxygen atoms in total. The van der Waals surface area contributed by atoms with Gasteiger partial charge in [0.2, 0.25) is 0 Å². The zero-order chi connectivity index (χ0) is 18.8. The maximum absolute atomic E-state index is 12.7. The molecule has 0 atom stereocenters. The molecule has 1 saturated carbocycles. The van der Waals surface area contributed by atoms with Gasteiger partial charge in [0.25, 0.3) is 5.91 Å². The van der Waals surface area contributed by atoms with Crippen molar-refractivity contribution in [1.29, 1.82) is 0 Å². The van der Waals surface area contributed by atoms with Crippen molar-refractivity contribution in [3.63, 3.8) is 0 Å². The minimum atomic E-state index is -0.393. The molecular weight excluding hydrogens is 342 g/mol. The molecule has 1 amide bonds. The molecule has 27 heavy (non-hydrogen) atoms. The Hall–Kier alpha value is -3.08. The number of amides is 1. The summed E-state index contributed by atoms with van der Waals surface area (Å²) in [5, 5.41) is 0.858. The van der Waals surface area contributed by atoms with Gasteiger partial charge in [-0.05, 0) is 43.0 Å². The van der Waals surface area contributed by atoms with Crippen molar-refractivity contribution in [3.8, 4) is 5.75 Å². The minimum Gasteiger partial charge on any atom is -0.484 e. The molecule has 4 rings (SSSR count). The van der Waals surface area contributed by atoms with Crippen LogP contribution in [0.2, 0.25) is 0 Å². The molecule has 5 heteroatoms. The molecule has 0 saturated heterocycles. The molecule has 1 aliphatic carbocycles. The zero-order valence-electron chi connectivity index (χ0n) is 15.2. The van der Waals surface area contributed by atoms with Gasteiger partial charge < -0.3 is 14.1 Å². The number of hydrogen-bond donors (Lipinski definition) is 0. The van der Waals surface area contributed by atoms with E-state index >= 15 is 0 Å². The highest BCUT2D eigenvalue weighted by Crippen LogP contribution is 2.29. The summed E-state index contributed by atoms with van der Waals surface area (Å²) in [6, 6.07) is 17.0. The van der Waals surface area contributed by atoms with Crippen LogP contribution in [0.25, 0.3) is 11.0 Å². The van der Waals surface area contributed by atoms with E-state index in [2.05, 4.69) is 0 Å². The monoisotopic (exact) mass is 363 g/mol. The van der Waals surface area contributed by atoms with E-state index in [0.717, 1.165) is 29.4 Å². The van der Waals surface area contributed by atoms with Crippen LogP contribution in [0.3, 0.4) is 0 Å². The van der Waals surface area contributed by atoms with Crippen LogP contribution in [0.1, 0.15) is 24.0 Å². The maximum Gasteiger partial charge on any atom is 0.336 e. The molecule has 2 aromatic carbocycles. The lowest BCUT2D eigenvalue weighted by atomic mass is 10.1. The van der Waals surface area contributed by atoms with Crippen LogP contribution in [-0.2, 0) is 11.3 Å². The van der Waals surface area contributed by atoms with Crippen molar-refractivity contribution in [2.45, 2.75) is 32.4 Å².